The van der Waals surface area contributed by atoms with Gasteiger partial charge in [0, 0.05) is 31.7 Å². The summed E-state index contributed by atoms with van der Waals surface area (Å²) in [5.41, 5.74) is 3.47. The van der Waals surface area contributed by atoms with Gasteiger partial charge in [-0.3, -0.25) is 4.79 Å². The molecule has 0 aliphatic carbocycles. The van der Waals surface area contributed by atoms with Crippen LogP contribution >= 0.6 is 11.3 Å². The van der Waals surface area contributed by atoms with Crippen LogP contribution in [-0.4, -0.2) is 49.7 Å². The molecule has 0 atom stereocenters. The molecule has 1 amide bonds. The van der Waals surface area contributed by atoms with E-state index < -0.39 is 10.0 Å². The molecule has 158 valence electrons. The Kier molecular flexibility index (Phi) is 5.92. The second-order valence-electron chi connectivity index (χ2n) is 7.36. The summed E-state index contributed by atoms with van der Waals surface area (Å²) in [7, 11) is -3.66. The van der Waals surface area contributed by atoms with Crippen molar-refractivity contribution in [2.75, 3.05) is 26.2 Å². The zero-order valence-electron chi connectivity index (χ0n) is 17.0. The van der Waals surface area contributed by atoms with E-state index in [1.807, 2.05) is 48.7 Å². The largest absolute Gasteiger partial charge is 0.335 e. The van der Waals surface area contributed by atoms with Crippen molar-refractivity contribution in [3.8, 4) is 17.2 Å². The minimum atomic E-state index is -3.66. The van der Waals surface area contributed by atoms with Crippen LogP contribution in [0.3, 0.4) is 0 Å². The van der Waals surface area contributed by atoms with Crippen molar-refractivity contribution in [3.05, 3.63) is 76.0 Å². The van der Waals surface area contributed by atoms with E-state index >= 15 is 0 Å². The van der Waals surface area contributed by atoms with Crippen LogP contribution in [0.5, 0.6) is 0 Å². The van der Waals surface area contributed by atoms with Gasteiger partial charge >= 0.3 is 0 Å². The van der Waals surface area contributed by atoms with Gasteiger partial charge in [0.1, 0.15) is 0 Å². The monoisotopic (exact) mass is 451 g/mol. The van der Waals surface area contributed by atoms with Gasteiger partial charge in [-0.1, -0.05) is 29.8 Å². The summed E-state index contributed by atoms with van der Waals surface area (Å²) in [5, 5.41) is 10.8. The van der Waals surface area contributed by atoms with Crippen molar-refractivity contribution < 1.29 is 13.2 Å². The summed E-state index contributed by atoms with van der Waals surface area (Å²) in [6, 6.07) is 17.9. The Labute approximate surface area is 186 Å². The van der Waals surface area contributed by atoms with Crippen LogP contribution < -0.4 is 0 Å². The van der Waals surface area contributed by atoms with Crippen molar-refractivity contribution in [1.82, 2.24) is 9.21 Å². The van der Waals surface area contributed by atoms with E-state index in [1.54, 1.807) is 4.90 Å². The van der Waals surface area contributed by atoms with Crippen LogP contribution in [-0.2, 0) is 10.0 Å². The summed E-state index contributed by atoms with van der Waals surface area (Å²) in [4.78, 5) is 15.7. The molecule has 2 aromatic carbocycles. The van der Waals surface area contributed by atoms with E-state index in [4.69, 9.17) is 5.26 Å². The highest BCUT2D eigenvalue weighted by atomic mass is 32.2. The summed E-state index contributed by atoms with van der Waals surface area (Å²) in [6.07, 6.45) is 0. The van der Waals surface area contributed by atoms with Gasteiger partial charge in [0.2, 0.25) is 10.0 Å². The molecule has 0 N–H and O–H groups in total. The number of hydrogen-bond donors (Lipinski definition) is 0. The van der Waals surface area contributed by atoms with Gasteiger partial charge in [0.25, 0.3) is 5.91 Å². The SMILES string of the molecule is Cc1ccc(-c2ccsc2C(=O)N2CCN(S(=O)(=O)c3ccc(C#N)cc3)CC2)cc1. The van der Waals surface area contributed by atoms with Gasteiger partial charge in [-0.25, -0.2) is 8.42 Å². The number of nitriles is 1. The molecule has 0 radical (unpaired) electrons. The molecule has 3 aromatic rings. The normalized spacial score (nSPS) is 14.9. The highest BCUT2D eigenvalue weighted by Crippen LogP contribution is 2.30. The number of carbonyl (C=O) groups is 1. The molecule has 31 heavy (non-hydrogen) atoms. The number of nitrogens with zero attached hydrogens (tertiary/aromatic N) is 3. The van der Waals surface area contributed by atoms with Gasteiger partial charge in [-0.15, -0.1) is 11.3 Å². The molecule has 1 fully saturated rings. The molecule has 8 heteroatoms. The lowest BCUT2D eigenvalue weighted by Gasteiger charge is -2.34. The van der Waals surface area contributed by atoms with Crippen LogP contribution in [0.25, 0.3) is 11.1 Å². The van der Waals surface area contributed by atoms with Gasteiger partial charge in [0.05, 0.1) is 21.4 Å². The Morgan fingerprint density at radius 2 is 1.61 bits per heavy atom. The number of hydrogen-bond acceptors (Lipinski definition) is 5. The maximum absolute atomic E-state index is 13.2. The van der Waals surface area contributed by atoms with Crippen LogP contribution in [0.1, 0.15) is 20.8 Å². The standard InChI is InChI=1S/C23H21N3O3S2/c1-17-2-6-19(7-3-17)21-10-15-30-22(21)23(27)25-11-13-26(14-12-25)31(28,29)20-8-4-18(16-24)5-9-20/h2-10,15H,11-14H2,1H3. The first-order valence-corrected chi connectivity index (χ1v) is 12.2. The number of aryl methyl sites for hydroxylation is 1. The van der Waals surface area contributed by atoms with Crippen molar-refractivity contribution in [2.45, 2.75) is 11.8 Å². The lowest BCUT2D eigenvalue weighted by molar-refractivity contribution is 0.0703. The van der Waals surface area contributed by atoms with Gasteiger partial charge in [-0.05, 0) is 48.2 Å². The molecule has 4 rings (SSSR count). The topological polar surface area (TPSA) is 81.5 Å². The predicted molar refractivity (Wildman–Crippen MR) is 120 cm³/mol. The van der Waals surface area contributed by atoms with E-state index in [9.17, 15) is 13.2 Å². The van der Waals surface area contributed by atoms with Crippen LogP contribution in [0.2, 0.25) is 0 Å². The maximum Gasteiger partial charge on any atom is 0.264 e. The molecule has 2 heterocycles. The van der Waals surface area contributed by atoms with Crippen LogP contribution in [0, 0.1) is 18.3 Å². The molecule has 1 aromatic heterocycles. The first-order valence-electron chi connectivity index (χ1n) is 9.84. The number of benzene rings is 2. The lowest BCUT2D eigenvalue weighted by Crippen LogP contribution is -2.50. The maximum atomic E-state index is 13.2. The van der Waals surface area contributed by atoms with Gasteiger partial charge < -0.3 is 4.90 Å². The Morgan fingerprint density at radius 1 is 0.968 bits per heavy atom. The lowest BCUT2D eigenvalue weighted by atomic mass is 10.0. The van der Waals surface area contributed by atoms with Gasteiger partial charge in [-0.2, -0.15) is 9.57 Å². The average molecular weight is 452 g/mol. The summed E-state index contributed by atoms with van der Waals surface area (Å²) in [6.45, 7) is 3.16. The Bertz CT molecular complexity index is 1230. The first-order chi connectivity index (χ1) is 14.9. The fraction of sp³-hybridized carbons (Fsp3) is 0.217. The first kappa shape index (κ1) is 21.2. The third kappa shape index (κ3) is 4.26. The number of amides is 1. The predicted octanol–water partition coefficient (Wildman–Crippen LogP) is 3.74. The van der Waals surface area contributed by atoms with Crippen molar-refractivity contribution >= 4 is 27.3 Å². The van der Waals surface area contributed by atoms with Crippen LogP contribution in [0.15, 0.2) is 64.9 Å². The van der Waals surface area contributed by atoms with Crippen molar-refractivity contribution in [2.24, 2.45) is 0 Å². The molecule has 1 aliphatic heterocycles. The molecular weight excluding hydrogens is 430 g/mol. The fourth-order valence-electron chi connectivity index (χ4n) is 3.56. The Morgan fingerprint density at radius 3 is 2.23 bits per heavy atom. The number of carbonyl (C=O) groups excluding carboxylic acids is 1. The van der Waals surface area contributed by atoms with E-state index in [2.05, 4.69) is 0 Å². The van der Waals surface area contributed by atoms with E-state index in [0.717, 1.165) is 16.7 Å². The zero-order chi connectivity index (χ0) is 22.0. The molecule has 6 nitrogen and oxygen atoms in total. The third-order valence-electron chi connectivity index (χ3n) is 5.37. The molecule has 0 spiro atoms. The van der Waals surface area contributed by atoms with Crippen molar-refractivity contribution in [3.63, 3.8) is 0 Å². The minimum Gasteiger partial charge on any atom is -0.335 e. The highest BCUT2D eigenvalue weighted by molar-refractivity contribution is 7.89. The second kappa shape index (κ2) is 8.63. The summed E-state index contributed by atoms with van der Waals surface area (Å²) < 4.78 is 27.2. The van der Waals surface area contributed by atoms with E-state index in [1.165, 1.54) is 39.9 Å². The van der Waals surface area contributed by atoms with E-state index in [0.29, 0.717) is 23.5 Å². The summed E-state index contributed by atoms with van der Waals surface area (Å²) in [5.74, 6) is -0.0685. The van der Waals surface area contributed by atoms with Crippen LogP contribution in [0.4, 0.5) is 0 Å². The zero-order valence-corrected chi connectivity index (χ0v) is 18.6. The van der Waals surface area contributed by atoms with E-state index in [-0.39, 0.29) is 23.9 Å². The molecule has 0 bridgehead atoms. The second-order valence-corrected chi connectivity index (χ2v) is 10.2. The minimum absolute atomic E-state index is 0.0685. The summed E-state index contributed by atoms with van der Waals surface area (Å²) >= 11 is 1.41. The third-order valence-corrected chi connectivity index (χ3v) is 8.18. The number of sulfonamides is 1. The molecular formula is C23H21N3O3S2. The number of rotatable bonds is 4. The molecule has 0 unspecified atom stereocenters. The number of piperazine rings is 1. The molecule has 1 saturated heterocycles. The Hall–Kier alpha value is -2.99. The van der Waals surface area contributed by atoms with Crippen molar-refractivity contribution in [1.29, 1.82) is 5.26 Å². The highest BCUT2D eigenvalue weighted by Gasteiger charge is 2.31. The Balaban J connectivity index is 1.47. The molecule has 0 saturated carbocycles. The number of thiophene rings is 1. The van der Waals surface area contributed by atoms with Gasteiger partial charge in [0.15, 0.2) is 0 Å². The average Bonchev–Trinajstić information content (AvgIpc) is 3.29. The fourth-order valence-corrected chi connectivity index (χ4v) is 5.87. The smallest absolute Gasteiger partial charge is 0.264 e. The molecule has 1 aliphatic rings. The quantitative estimate of drug-likeness (QED) is 0.605.